The maximum absolute atomic E-state index is 13.6. The van der Waals surface area contributed by atoms with Crippen LogP contribution in [0.5, 0.6) is 0 Å². The Labute approximate surface area is 266 Å². The summed E-state index contributed by atoms with van der Waals surface area (Å²) in [5, 5.41) is 31.6. The number of benzene rings is 3. The van der Waals surface area contributed by atoms with E-state index in [1.807, 2.05) is 0 Å². The van der Waals surface area contributed by atoms with Crippen molar-refractivity contribution in [3.8, 4) is 0 Å². The van der Waals surface area contributed by atoms with Crippen LogP contribution in [0.3, 0.4) is 0 Å². The van der Waals surface area contributed by atoms with E-state index in [4.69, 9.17) is 69.6 Å². The Balaban J connectivity index is 2.10. The highest BCUT2D eigenvalue weighted by Gasteiger charge is 2.69. The lowest BCUT2D eigenvalue weighted by molar-refractivity contribution is -0.627. The highest BCUT2D eigenvalue weighted by atomic mass is 35.5. The van der Waals surface area contributed by atoms with Crippen LogP contribution in [0.15, 0.2) is 54.6 Å². The van der Waals surface area contributed by atoms with Gasteiger partial charge >= 0.3 is 23.4 Å². The maximum Gasteiger partial charge on any atom is 0.382 e. The summed E-state index contributed by atoms with van der Waals surface area (Å²) < 4.78 is 0. The molecule has 0 heterocycles. The van der Waals surface area contributed by atoms with E-state index in [0.29, 0.717) is 0 Å². The van der Waals surface area contributed by atoms with Crippen molar-refractivity contribution in [2.24, 2.45) is 0 Å². The minimum absolute atomic E-state index is 0.00514. The average molecular weight is 698 g/mol. The summed E-state index contributed by atoms with van der Waals surface area (Å²) in [6.07, 6.45) is -1.48. The molecule has 0 aliphatic carbocycles. The van der Waals surface area contributed by atoms with E-state index in [0.717, 1.165) is 12.1 Å². The van der Waals surface area contributed by atoms with Crippen LogP contribution in [0.25, 0.3) is 0 Å². The van der Waals surface area contributed by atoms with Crippen molar-refractivity contribution in [1.29, 1.82) is 0 Å². The summed E-state index contributed by atoms with van der Waals surface area (Å²) in [7, 11) is 0. The van der Waals surface area contributed by atoms with Crippen molar-refractivity contribution in [1.82, 2.24) is 0 Å². The molecule has 0 radical (unpaired) electrons. The standard InChI is InChI=1S/C24H15Cl6N5O7/c25-14-4-1-11(7-17(14)28)31-20(36)10-24(35(41)42,23(38)33-13-3-6-16(27)19(30)9-13)21(34(39)40)22(37)32-12-2-5-15(26)18(29)8-12/h1-9,21H,10H2,(H,31,36)(H,32,37)(H,33,38). The molecule has 0 bridgehead atoms. The molecule has 3 aromatic carbocycles. The fourth-order valence-corrected chi connectivity index (χ4v) is 4.55. The third kappa shape index (κ3) is 7.51. The Hall–Kier alpha value is -3.39. The van der Waals surface area contributed by atoms with Gasteiger partial charge in [-0.1, -0.05) is 69.6 Å². The number of nitro groups is 2. The molecule has 220 valence electrons. The Bertz CT molecular complexity index is 1610. The van der Waals surface area contributed by atoms with Crippen LogP contribution in [-0.2, 0) is 14.4 Å². The molecule has 0 aliphatic heterocycles. The Morgan fingerprint density at radius 2 is 1.07 bits per heavy atom. The smallest absolute Gasteiger partial charge is 0.326 e. The fourth-order valence-electron chi connectivity index (χ4n) is 3.66. The normalized spacial score (nSPS) is 12.9. The Morgan fingerprint density at radius 1 is 0.667 bits per heavy atom. The second-order valence-corrected chi connectivity index (χ2v) is 10.9. The van der Waals surface area contributed by atoms with Gasteiger partial charge in [0.25, 0.3) is 0 Å². The number of halogens is 6. The summed E-state index contributed by atoms with van der Waals surface area (Å²) in [5.41, 5.74) is -3.83. The van der Waals surface area contributed by atoms with E-state index in [1.54, 1.807) is 0 Å². The second kappa shape index (κ2) is 13.7. The summed E-state index contributed by atoms with van der Waals surface area (Å²) >= 11 is 35.4. The van der Waals surface area contributed by atoms with E-state index in [9.17, 15) is 34.6 Å². The van der Waals surface area contributed by atoms with Crippen LogP contribution in [0.2, 0.25) is 30.1 Å². The van der Waals surface area contributed by atoms with Gasteiger partial charge < -0.3 is 16.0 Å². The van der Waals surface area contributed by atoms with E-state index in [1.165, 1.54) is 42.5 Å². The highest BCUT2D eigenvalue weighted by molar-refractivity contribution is 6.43. The van der Waals surface area contributed by atoms with Crippen molar-refractivity contribution in [3.05, 3.63) is 105 Å². The number of carbonyl (C=O) groups is 3. The van der Waals surface area contributed by atoms with Crippen molar-refractivity contribution >= 4 is 104 Å². The number of rotatable bonds is 10. The van der Waals surface area contributed by atoms with Gasteiger partial charge in [-0.2, -0.15) is 0 Å². The van der Waals surface area contributed by atoms with Gasteiger partial charge in [0, 0.05) is 26.9 Å². The largest absolute Gasteiger partial charge is 0.382 e. The second-order valence-electron chi connectivity index (χ2n) is 8.42. The number of nitrogens with one attached hydrogen (secondary N) is 3. The Morgan fingerprint density at radius 3 is 1.45 bits per heavy atom. The third-order valence-corrected chi connectivity index (χ3v) is 7.85. The van der Waals surface area contributed by atoms with Gasteiger partial charge in [0.15, 0.2) is 0 Å². The molecule has 2 atom stereocenters. The van der Waals surface area contributed by atoms with Crippen LogP contribution in [0.1, 0.15) is 6.42 Å². The first-order chi connectivity index (χ1) is 19.6. The van der Waals surface area contributed by atoms with Gasteiger partial charge in [0.05, 0.1) is 30.1 Å². The fraction of sp³-hybridized carbons (Fsp3) is 0.125. The predicted octanol–water partition coefficient (Wildman–Crippen LogP) is 6.87. The zero-order chi connectivity index (χ0) is 31.4. The molecule has 12 nitrogen and oxygen atoms in total. The van der Waals surface area contributed by atoms with E-state index < -0.39 is 45.6 Å². The zero-order valence-electron chi connectivity index (χ0n) is 20.5. The minimum Gasteiger partial charge on any atom is -0.326 e. The number of hydrogen-bond donors (Lipinski definition) is 3. The predicted molar refractivity (Wildman–Crippen MR) is 160 cm³/mol. The van der Waals surface area contributed by atoms with E-state index >= 15 is 0 Å². The molecule has 0 aromatic heterocycles. The molecule has 3 N–H and O–H groups in total. The molecule has 3 rings (SSSR count). The summed E-state index contributed by atoms with van der Waals surface area (Å²) in [5.74, 6) is -4.54. The van der Waals surface area contributed by atoms with Crippen molar-refractivity contribution in [3.63, 3.8) is 0 Å². The lowest BCUT2D eigenvalue weighted by atomic mass is 9.84. The van der Waals surface area contributed by atoms with Crippen molar-refractivity contribution in [2.45, 2.75) is 18.0 Å². The first-order valence-corrected chi connectivity index (χ1v) is 13.5. The molecule has 3 aromatic rings. The number of hydrogen-bond acceptors (Lipinski definition) is 7. The Kier molecular flexibility index (Phi) is 10.8. The molecule has 18 heteroatoms. The number of carbonyl (C=O) groups excluding carboxylic acids is 3. The van der Waals surface area contributed by atoms with Crippen molar-refractivity contribution in [2.75, 3.05) is 16.0 Å². The third-order valence-electron chi connectivity index (χ3n) is 5.63. The molecule has 0 saturated carbocycles. The van der Waals surface area contributed by atoms with Crippen LogP contribution in [0, 0.1) is 20.2 Å². The number of nitrogens with zero attached hydrogens (tertiary/aromatic N) is 2. The zero-order valence-corrected chi connectivity index (χ0v) is 25.0. The minimum atomic E-state index is -3.52. The molecular weight excluding hydrogens is 683 g/mol. The molecule has 0 fully saturated rings. The number of amides is 3. The van der Waals surface area contributed by atoms with Crippen LogP contribution >= 0.6 is 69.6 Å². The SMILES string of the molecule is O=C(CC(C(=O)Nc1ccc(Cl)c(Cl)c1)(C(C(=O)Nc1ccc(Cl)c(Cl)c1)[N+](=O)[O-])[N+](=O)[O-])Nc1ccc(Cl)c(Cl)c1. The first kappa shape index (κ1) is 33.1. The lowest BCUT2D eigenvalue weighted by Gasteiger charge is -2.26. The van der Waals surface area contributed by atoms with Gasteiger partial charge in [-0.3, -0.25) is 34.6 Å². The number of anilines is 3. The van der Waals surface area contributed by atoms with E-state index in [-0.39, 0.29) is 47.2 Å². The van der Waals surface area contributed by atoms with Crippen LogP contribution in [0.4, 0.5) is 17.1 Å². The first-order valence-electron chi connectivity index (χ1n) is 11.2. The molecule has 0 aliphatic rings. The van der Waals surface area contributed by atoms with E-state index in [2.05, 4.69) is 16.0 Å². The van der Waals surface area contributed by atoms with Gasteiger partial charge in [-0.05, 0) is 54.6 Å². The quantitative estimate of drug-likeness (QED) is 0.153. The molecule has 3 amide bonds. The molecular formula is C24H15Cl6N5O7. The molecule has 0 saturated heterocycles. The van der Waals surface area contributed by atoms with Gasteiger partial charge in [0.1, 0.15) is 6.42 Å². The van der Waals surface area contributed by atoms with Crippen LogP contribution in [-0.4, -0.2) is 39.1 Å². The van der Waals surface area contributed by atoms with Gasteiger partial charge in [-0.15, -0.1) is 0 Å². The highest BCUT2D eigenvalue weighted by Crippen LogP contribution is 2.32. The maximum atomic E-state index is 13.6. The molecule has 42 heavy (non-hydrogen) atoms. The monoisotopic (exact) mass is 695 g/mol. The molecule has 0 spiro atoms. The summed E-state index contributed by atoms with van der Waals surface area (Å²) in [6.45, 7) is 0. The summed E-state index contributed by atoms with van der Waals surface area (Å²) in [6, 6.07) is 7.98. The topological polar surface area (TPSA) is 174 Å². The lowest BCUT2D eigenvalue weighted by Crippen LogP contribution is -2.65. The molecule has 2 unspecified atom stereocenters. The average Bonchev–Trinajstić information content (AvgIpc) is 2.89. The summed E-state index contributed by atoms with van der Waals surface area (Å²) in [4.78, 5) is 62.1. The van der Waals surface area contributed by atoms with Crippen LogP contribution < -0.4 is 16.0 Å². The van der Waals surface area contributed by atoms with Gasteiger partial charge in [-0.25, -0.2) is 0 Å². The van der Waals surface area contributed by atoms with Crippen molar-refractivity contribution < 1.29 is 24.2 Å². The van der Waals surface area contributed by atoms with Gasteiger partial charge in [0.2, 0.25) is 5.91 Å².